The van der Waals surface area contributed by atoms with Gasteiger partial charge in [-0.15, -0.1) is 0 Å². The number of nitrogens with one attached hydrogen (secondary N) is 1. The predicted molar refractivity (Wildman–Crippen MR) is 108 cm³/mol. The number of amides is 2. The van der Waals surface area contributed by atoms with Gasteiger partial charge in [-0.1, -0.05) is 6.07 Å². The number of hydrogen-bond acceptors (Lipinski definition) is 4. The molecule has 2 aliphatic heterocycles. The molecule has 0 radical (unpaired) electrons. The Labute approximate surface area is 162 Å². The van der Waals surface area contributed by atoms with Crippen molar-refractivity contribution in [3.63, 3.8) is 0 Å². The first-order chi connectivity index (χ1) is 12.8. The summed E-state index contributed by atoms with van der Waals surface area (Å²) in [6.07, 6.45) is 0.271. The Morgan fingerprint density at radius 1 is 1.07 bits per heavy atom. The zero-order chi connectivity index (χ0) is 19.6. The normalized spacial score (nSPS) is 21.5. The molecule has 0 saturated carbocycles. The zero-order valence-electron chi connectivity index (χ0n) is 17.0. The minimum atomic E-state index is -0.344. The van der Waals surface area contributed by atoms with Gasteiger partial charge in [0.15, 0.2) is 0 Å². The van der Waals surface area contributed by atoms with Gasteiger partial charge >= 0.3 is 0 Å². The smallest absolute Gasteiger partial charge is 0.237 e. The van der Waals surface area contributed by atoms with Crippen LogP contribution in [0.5, 0.6) is 0 Å². The largest absolute Gasteiger partial charge is 0.368 e. The van der Waals surface area contributed by atoms with Gasteiger partial charge in [0.2, 0.25) is 11.8 Å². The molecule has 1 aromatic carbocycles. The minimum Gasteiger partial charge on any atom is -0.368 e. The van der Waals surface area contributed by atoms with Gasteiger partial charge in [0.25, 0.3) is 0 Å². The van der Waals surface area contributed by atoms with Gasteiger partial charge in [-0.2, -0.15) is 0 Å². The molecular formula is C21H32N4O2. The molecule has 6 heteroatoms. The molecule has 0 spiro atoms. The summed E-state index contributed by atoms with van der Waals surface area (Å²) in [7, 11) is 0. The van der Waals surface area contributed by atoms with Crippen molar-refractivity contribution in [1.29, 1.82) is 0 Å². The molecule has 1 atom stereocenters. The Bertz CT molecular complexity index is 675. The Kier molecular flexibility index (Phi) is 6.05. The summed E-state index contributed by atoms with van der Waals surface area (Å²) in [6, 6.07) is 6.51. The van der Waals surface area contributed by atoms with Crippen LogP contribution in [0.15, 0.2) is 18.2 Å². The highest BCUT2D eigenvalue weighted by molar-refractivity contribution is 5.89. The first-order valence-corrected chi connectivity index (χ1v) is 9.99. The van der Waals surface area contributed by atoms with Crippen LogP contribution in [0.4, 0.5) is 5.69 Å². The molecule has 27 heavy (non-hydrogen) atoms. The van der Waals surface area contributed by atoms with E-state index in [1.54, 1.807) is 0 Å². The number of piperazine rings is 2. The maximum absolute atomic E-state index is 12.8. The molecule has 1 aromatic rings. The van der Waals surface area contributed by atoms with Crippen LogP contribution in [0.3, 0.4) is 0 Å². The van der Waals surface area contributed by atoms with E-state index in [1.165, 1.54) is 16.8 Å². The van der Waals surface area contributed by atoms with Gasteiger partial charge in [-0.05, 0) is 51.0 Å². The van der Waals surface area contributed by atoms with Crippen molar-refractivity contribution in [2.75, 3.05) is 44.2 Å². The molecule has 0 aromatic heterocycles. The summed E-state index contributed by atoms with van der Waals surface area (Å²) < 4.78 is 0. The Morgan fingerprint density at radius 2 is 1.70 bits per heavy atom. The molecule has 2 fully saturated rings. The van der Waals surface area contributed by atoms with Gasteiger partial charge in [0, 0.05) is 51.0 Å². The van der Waals surface area contributed by atoms with Crippen LogP contribution in [0.25, 0.3) is 0 Å². The van der Waals surface area contributed by atoms with E-state index in [0.29, 0.717) is 19.6 Å². The van der Waals surface area contributed by atoms with Crippen LogP contribution in [0.2, 0.25) is 0 Å². The standard InChI is InChI=1S/C21H32N4O2/c1-15(2)25-6-5-22-21(27)19(25)14-20(26)24-9-7-23(8-10-24)18-12-16(3)11-17(4)13-18/h11-13,15,19H,5-10,14H2,1-4H3,(H,22,27)/t19-/m0/s1. The predicted octanol–water partition coefficient (Wildman–Crippen LogP) is 1.55. The van der Waals surface area contributed by atoms with Crippen LogP contribution in [-0.4, -0.2) is 73.0 Å². The molecular weight excluding hydrogens is 340 g/mol. The van der Waals surface area contributed by atoms with Crippen molar-refractivity contribution in [2.24, 2.45) is 0 Å². The summed E-state index contributed by atoms with van der Waals surface area (Å²) in [6.45, 7) is 13.0. The first-order valence-electron chi connectivity index (χ1n) is 9.99. The minimum absolute atomic E-state index is 0.0165. The molecule has 6 nitrogen and oxygen atoms in total. The number of carbonyl (C=O) groups is 2. The van der Waals surface area contributed by atoms with E-state index >= 15 is 0 Å². The van der Waals surface area contributed by atoms with Crippen LogP contribution in [0.1, 0.15) is 31.4 Å². The van der Waals surface area contributed by atoms with Crippen LogP contribution >= 0.6 is 0 Å². The van der Waals surface area contributed by atoms with Crippen molar-refractivity contribution < 1.29 is 9.59 Å². The Balaban J connectivity index is 1.58. The van der Waals surface area contributed by atoms with Gasteiger partial charge in [0.05, 0.1) is 12.5 Å². The number of anilines is 1. The summed E-state index contributed by atoms with van der Waals surface area (Å²) in [4.78, 5) is 31.5. The highest BCUT2D eigenvalue weighted by atomic mass is 16.2. The van der Waals surface area contributed by atoms with E-state index in [0.717, 1.165) is 19.6 Å². The van der Waals surface area contributed by atoms with Crippen molar-refractivity contribution in [1.82, 2.24) is 15.1 Å². The van der Waals surface area contributed by atoms with E-state index in [-0.39, 0.29) is 30.3 Å². The van der Waals surface area contributed by atoms with Crippen LogP contribution in [0, 0.1) is 13.8 Å². The lowest BCUT2D eigenvalue weighted by molar-refractivity contribution is -0.139. The molecule has 3 rings (SSSR count). The number of hydrogen-bond donors (Lipinski definition) is 1. The van der Waals surface area contributed by atoms with Crippen LogP contribution in [-0.2, 0) is 9.59 Å². The number of nitrogens with zero attached hydrogens (tertiary/aromatic N) is 3. The van der Waals surface area contributed by atoms with Gasteiger partial charge in [-0.25, -0.2) is 0 Å². The van der Waals surface area contributed by atoms with Crippen molar-refractivity contribution in [3.8, 4) is 0 Å². The van der Waals surface area contributed by atoms with Gasteiger partial charge in [0.1, 0.15) is 0 Å². The number of aryl methyl sites for hydroxylation is 2. The molecule has 1 N–H and O–H groups in total. The fraction of sp³-hybridized carbons (Fsp3) is 0.619. The van der Waals surface area contributed by atoms with E-state index in [2.05, 4.69) is 61.0 Å². The second-order valence-corrected chi connectivity index (χ2v) is 8.06. The van der Waals surface area contributed by atoms with E-state index in [4.69, 9.17) is 0 Å². The molecule has 2 amide bonds. The highest BCUT2D eigenvalue weighted by Gasteiger charge is 2.34. The van der Waals surface area contributed by atoms with Crippen molar-refractivity contribution >= 4 is 17.5 Å². The second kappa shape index (κ2) is 8.30. The lowest BCUT2D eigenvalue weighted by Crippen LogP contribution is -2.59. The molecule has 0 bridgehead atoms. The highest BCUT2D eigenvalue weighted by Crippen LogP contribution is 2.21. The topological polar surface area (TPSA) is 55.9 Å². The summed E-state index contributed by atoms with van der Waals surface area (Å²) in [5.41, 5.74) is 3.76. The molecule has 2 aliphatic rings. The SMILES string of the molecule is Cc1cc(C)cc(N2CCN(C(=O)C[C@H]3C(=O)NCCN3C(C)C)CC2)c1. The zero-order valence-corrected chi connectivity index (χ0v) is 17.0. The van der Waals surface area contributed by atoms with Gasteiger partial charge < -0.3 is 15.1 Å². The number of carbonyl (C=O) groups excluding carboxylic acids is 2. The van der Waals surface area contributed by atoms with E-state index in [1.807, 2.05) is 4.90 Å². The molecule has 0 aliphatic carbocycles. The second-order valence-electron chi connectivity index (χ2n) is 8.06. The maximum atomic E-state index is 12.8. The fourth-order valence-electron chi connectivity index (χ4n) is 4.20. The third kappa shape index (κ3) is 4.61. The number of benzene rings is 1. The monoisotopic (exact) mass is 372 g/mol. The first kappa shape index (κ1) is 19.7. The lowest BCUT2D eigenvalue weighted by Gasteiger charge is -2.40. The quantitative estimate of drug-likeness (QED) is 0.871. The van der Waals surface area contributed by atoms with Crippen LogP contribution < -0.4 is 10.2 Å². The summed E-state index contributed by atoms with van der Waals surface area (Å²) in [5.74, 6) is 0.0694. The third-order valence-corrected chi connectivity index (χ3v) is 5.61. The molecule has 2 saturated heterocycles. The fourth-order valence-corrected chi connectivity index (χ4v) is 4.20. The maximum Gasteiger partial charge on any atom is 0.237 e. The summed E-state index contributed by atoms with van der Waals surface area (Å²) >= 11 is 0. The lowest BCUT2D eigenvalue weighted by atomic mass is 10.1. The summed E-state index contributed by atoms with van der Waals surface area (Å²) in [5, 5.41) is 2.90. The van der Waals surface area contributed by atoms with Crippen molar-refractivity contribution in [2.45, 2.75) is 46.2 Å². The Hall–Kier alpha value is -2.08. The van der Waals surface area contributed by atoms with E-state index < -0.39 is 0 Å². The molecule has 2 heterocycles. The van der Waals surface area contributed by atoms with Gasteiger partial charge in [-0.3, -0.25) is 14.5 Å². The molecule has 0 unspecified atom stereocenters. The third-order valence-electron chi connectivity index (χ3n) is 5.61. The molecule has 148 valence electrons. The average molecular weight is 373 g/mol. The van der Waals surface area contributed by atoms with E-state index in [9.17, 15) is 9.59 Å². The Morgan fingerprint density at radius 3 is 2.30 bits per heavy atom. The van der Waals surface area contributed by atoms with Crippen molar-refractivity contribution in [3.05, 3.63) is 29.3 Å². The average Bonchev–Trinajstić information content (AvgIpc) is 2.62. The number of rotatable bonds is 4.